The molecule has 3 rings (SSSR count). The van der Waals surface area contributed by atoms with Gasteiger partial charge in [0, 0.05) is 31.6 Å². The molecule has 2 aliphatic rings. The van der Waals surface area contributed by atoms with Crippen molar-refractivity contribution in [3.05, 3.63) is 17.6 Å². The van der Waals surface area contributed by atoms with Gasteiger partial charge in [0.15, 0.2) is 0 Å². The topological polar surface area (TPSA) is 58.6 Å². The van der Waals surface area contributed by atoms with E-state index in [1.807, 2.05) is 0 Å². The van der Waals surface area contributed by atoms with Crippen LogP contribution in [-0.4, -0.2) is 59.8 Å². The fourth-order valence-corrected chi connectivity index (χ4v) is 3.00. The van der Waals surface area contributed by atoms with Crippen LogP contribution in [0.5, 0.6) is 0 Å². The van der Waals surface area contributed by atoms with Crippen molar-refractivity contribution in [2.24, 2.45) is 0 Å². The molecule has 0 saturated carbocycles. The predicted octanol–water partition coefficient (Wildman–Crippen LogP) is 1.54. The van der Waals surface area contributed by atoms with Gasteiger partial charge in [-0.05, 0) is 6.42 Å². The molecule has 6 nitrogen and oxygen atoms in total. The normalized spacial score (nSPS) is 18.5. The number of ether oxygens (including phenoxy) is 1. The lowest BCUT2D eigenvalue weighted by atomic mass is 10.0. The molecule has 132 valence electrons. The molecule has 2 aliphatic heterocycles. The monoisotopic (exact) mass is 344 g/mol. The quantitative estimate of drug-likeness (QED) is 0.833. The van der Waals surface area contributed by atoms with E-state index < -0.39 is 24.9 Å². The number of halogens is 3. The molecule has 0 aliphatic carbocycles. The first-order chi connectivity index (χ1) is 11.4. The highest BCUT2D eigenvalue weighted by molar-refractivity contribution is 5.76. The van der Waals surface area contributed by atoms with E-state index in [0.717, 1.165) is 30.2 Å². The summed E-state index contributed by atoms with van der Waals surface area (Å²) >= 11 is 0. The maximum Gasteiger partial charge on any atom is 0.389 e. The third-order valence-corrected chi connectivity index (χ3v) is 4.27. The molecular formula is C15H19F3N4O2. The number of carbonyl (C=O) groups is 1. The summed E-state index contributed by atoms with van der Waals surface area (Å²) in [6.07, 6.45) is -3.90. The second-order valence-corrected chi connectivity index (χ2v) is 5.90. The summed E-state index contributed by atoms with van der Waals surface area (Å²) in [6.45, 7) is 3.41. The van der Waals surface area contributed by atoms with Gasteiger partial charge in [-0.3, -0.25) is 4.79 Å². The van der Waals surface area contributed by atoms with Crippen LogP contribution in [0.15, 0.2) is 6.33 Å². The highest BCUT2D eigenvalue weighted by Crippen LogP contribution is 2.27. The van der Waals surface area contributed by atoms with Crippen LogP contribution >= 0.6 is 0 Å². The van der Waals surface area contributed by atoms with E-state index in [9.17, 15) is 18.0 Å². The number of anilines is 1. The van der Waals surface area contributed by atoms with Crippen molar-refractivity contribution < 1.29 is 22.7 Å². The SMILES string of the molecule is O=C(CCC(F)(F)F)N1CCc2c(ncnc2N2CCOCC2)C1. The van der Waals surface area contributed by atoms with E-state index in [4.69, 9.17) is 4.74 Å². The second-order valence-electron chi connectivity index (χ2n) is 5.90. The Morgan fingerprint density at radius 3 is 2.67 bits per heavy atom. The molecule has 1 aromatic rings. The Hall–Kier alpha value is -1.90. The van der Waals surface area contributed by atoms with Crippen molar-refractivity contribution in [1.29, 1.82) is 0 Å². The van der Waals surface area contributed by atoms with E-state index in [1.54, 1.807) is 0 Å². The first-order valence-corrected chi connectivity index (χ1v) is 7.94. The fourth-order valence-electron chi connectivity index (χ4n) is 3.00. The molecule has 0 bridgehead atoms. The highest BCUT2D eigenvalue weighted by Gasteiger charge is 2.31. The average Bonchev–Trinajstić information content (AvgIpc) is 2.58. The van der Waals surface area contributed by atoms with E-state index in [0.29, 0.717) is 26.2 Å². The summed E-state index contributed by atoms with van der Waals surface area (Å²) in [7, 11) is 0. The minimum atomic E-state index is -4.31. The lowest BCUT2D eigenvalue weighted by Gasteiger charge is -2.33. The molecule has 0 spiro atoms. The molecule has 1 amide bonds. The average molecular weight is 344 g/mol. The number of alkyl halides is 3. The Balaban J connectivity index is 1.69. The van der Waals surface area contributed by atoms with Gasteiger partial charge < -0.3 is 14.5 Å². The maximum atomic E-state index is 12.3. The molecule has 0 radical (unpaired) electrons. The molecular weight excluding hydrogens is 325 g/mol. The molecule has 1 saturated heterocycles. The number of amides is 1. The number of morpholine rings is 1. The Morgan fingerprint density at radius 2 is 1.96 bits per heavy atom. The Labute approximate surface area is 137 Å². The first kappa shape index (κ1) is 16.9. The van der Waals surface area contributed by atoms with Gasteiger partial charge in [-0.25, -0.2) is 9.97 Å². The predicted molar refractivity (Wildman–Crippen MR) is 79.5 cm³/mol. The number of hydrogen-bond donors (Lipinski definition) is 0. The van der Waals surface area contributed by atoms with Gasteiger partial charge in [0.2, 0.25) is 5.91 Å². The molecule has 24 heavy (non-hydrogen) atoms. The van der Waals surface area contributed by atoms with Crippen LogP contribution in [0.3, 0.4) is 0 Å². The number of rotatable bonds is 3. The first-order valence-electron chi connectivity index (χ1n) is 7.94. The zero-order valence-electron chi connectivity index (χ0n) is 13.2. The zero-order valence-corrected chi connectivity index (χ0v) is 13.2. The van der Waals surface area contributed by atoms with Crippen molar-refractivity contribution in [2.75, 3.05) is 37.7 Å². The van der Waals surface area contributed by atoms with Crippen molar-refractivity contribution in [3.63, 3.8) is 0 Å². The van der Waals surface area contributed by atoms with Gasteiger partial charge in [-0.15, -0.1) is 0 Å². The summed E-state index contributed by atoms with van der Waals surface area (Å²) in [5.74, 6) is 0.371. The van der Waals surface area contributed by atoms with Crippen LogP contribution in [0.2, 0.25) is 0 Å². The third-order valence-electron chi connectivity index (χ3n) is 4.27. The lowest BCUT2D eigenvalue weighted by Crippen LogP contribution is -2.40. The van der Waals surface area contributed by atoms with Crippen molar-refractivity contribution >= 4 is 11.7 Å². The molecule has 0 unspecified atom stereocenters. The Bertz CT molecular complexity index is 603. The summed E-state index contributed by atoms with van der Waals surface area (Å²) in [5, 5.41) is 0. The van der Waals surface area contributed by atoms with Crippen molar-refractivity contribution in [2.45, 2.75) is 32.0 Å². The van der Waals surface area contributed by atoms with Gasteiger partial charge in [0.25, 0.3) is 0 Å². The van der Waals surface area contributed by atoms with Gasteiger partial charge in [0.05, 0.1) is 31.9 Å². The second kappa shape index (κ2) is 6.92. The van der Waals surface area contributed by atoms with E-state index in [2.05, 4.69) is 14.9 Å². The summed E-state index contributed by atoms with van der Waals surface area (Å²) in [6, 6.07) is 0. The number of hydrogen-bond acceptors (Lipinski definition) is 5. The fraction of sp³-hybridized carbons (Fsp3) is 0.667. The summed E-state index contributed by atoms with van der Waals surface area (Å²) in [5.41, 5.74) is 1.71. The van der Waals surface area contributed by atoms with Crippen molar-refractivity contribution in [3.8, 4) is 0 Å². The third kappa shape index (κ3) is 3.95. The van der Waals surface area contributed by atoms with Crippen LogP contribution < -0.4 is 4.90 Å². The van der Waals surface area contributed by atoms with Gasteiger partial charge >= 0.3 is 6.18 Å². The maximum absolute atomic E-state index is 12.3. The molecule has 9 heteroatoms. The lowest BCUT2D eigenvalue weighted by molar-refractivity contribution is -0.149. The van der Waals surface area contributed by atoms with Crippen LogP contribution in [0, 0.1) is 0 Å². The van der Waals surface area contributed by atoms with E-state index in [-0.39, 0.29) is 6.54 Å². The minimum absolute atomic E-state index is 0.242. The molecule has 0 aromatic carbocycles. The number of carbonyl (C=O) groups excluding carboxylic acids is 1. The molecule has 1 aromatic heterocycles. The molecule has 1 fully saturated rings. The number of aromatic nitrogens is 2. The highest BCUT2D eigenvalue weighted by atomic mass is 19.4. The summed E-state index contributed by atoms with van der Waals surface area (Å²) in [4.78, 5) is 24.2. The smallest absolute Gasteiger partial charge is 0.378 e. The zero-order chi connectivity index (χ0) is 17.2. The summed E-state index contributed by atoms with van der Waals surface area (Å²) < 4.78 is 42.2. The van der Waals surface area contributed by atoms with Gasteiger partial charge in [-0.1, -0.05) is 0 Å². The largest absolute Gasteiger partial charge is 0.389 e. The van der Waals surface area contributed by atoms with E-state index >= 15 is 0 Å². The molecule has 0 atom stereocenters. The van der Waals surface area contributed by atoms with E-state index in [1.165, 1.54) is 11.2 Å². The number of nitrogens with zero attached hydrogens (tertiary/aromatic N) is 4. The van der Waals surface area contributed by atoms with Crippen LogP contribution in [-0.2, 0) is 22.5 Å². The Morgan fingerprint density at radius 1 is 1.21 bits per heavy atom. The van der Waals surface area contributed by atoms with Crippen molar-refractivity contribution in [1.82, 2.24) is 14.9 Å². The van der Waals surface area contributed by atoms with Gasteiger partial charge in [0.1, 0.15) is 12.1 Å². The van der Waals surface area contributed by atoms with Crippen LogP contribution in [0.4, 0.5) is 19.0 Å². The standard InChI is InChI=1S/C15H19F3N4O2/c16-15(17,18)3-1-13(23)22-4-2-11-12(9-22)19-10-20-14(11)21-5-7-24-8-6-21/h10H,1-9H2. The van der Waals surface area contributed by atoms with Crippen LogP contribution in [0.25, 0.3) is 0 Å². The Kier molecular flexibility index (Phi) is 4.88. The minimum Gasteiger partial charge on any atom is -0.378 e. The van der Waals surface area contributed by atoms with Crippen LogP contribution in [0.1, 0.15) is 24.1 Å². The number of fused-ring (bicyclic) bond motifs is 1. The van der Waals surface area contributed by atoms with Gasteiger partial charge in [-0.2, -0.15) is 13.2 Å². The molecule has 0 N–H and O–H groups in total. The molecule has 3 heterocycles.